The molecule has 0 heterocycles. The molecule has 126 valence electrons. The predicted molar refractivity (Wildman–Crippen MR) is 94.0 cm³/mol. The highest BCUT2D eigenvalue weighted by Gasteiger charge is 2.18. The molecule has 0 spiro atoms. The van der Waals surface area contributed by atoms with E-state index in [0.29, 0.717) is 6.54 Å². The van der Waals surface area contributed by atoms with E-state index in [-0.39, 0.29) is 23.8 Å². The van der Waals surface area contributed by atoms with Crippen LogP contribution in [0.3, 0.4) is 0 Å². The molecular formula is C18H21N3O3. The first kappa shape index (κ1) is 17.6. The first-order chi connectivity index (χ1) is 11.4. The van der Waals surface area contributed by atoms with E-state index >= 15 is 0 Å². The van der Waals surface area contributed by atoms with Crippen molar-refractivity contribution < 1.29 is 9.72 Å². The number of benzene rings is 2. The van der Waals surface area contributed by atoms with Crippen molar-refractivity contribution in [3.63, 3.8) is 0 Å². The summed E-state index contributed by atoms with van der Waals surface area (Å²) >= 11 is 0. The molecule has 0 radical (unpaired) electrons. The molecule has 2 aromatic rings. The van der Waals surface area contributed by atoms with Crippen LogP contribution in [-0.4, -0.2) is 29.3 Å². The lowest BCUT2D eigenvalue weighted by Crippen LogP contribution is -2.30. The molecule has 0 aromatic heterocycles. The fourth-order valence-electron chi connectivity index (χ4n) is 2.44. The Morgan fingerprint density at radius 3 is 2.42 bits per heavy atom. The maximum atomic E-state index is 12.2. The van der Waals surface area contributed by atoms with Crippen LogP contribution in [0, 0.1) is 24.0 Å². The number of rotatable bonds is 6. The Morgan fingerprint density at radius 2 is 1.79 bits per heavy atom. The average molecular weight is 327 g/mol. The summed E-state index contributed by atoms with van der Waals surface area (Å²) in [6.07, 6.45) is 0. The third-order valence-electron chi connectivity index (χ3n) is 3.79. The van der Waals surface area contributed by atoms with E-state index < -0.39 is 4.92 Å². The van der Waals surface area contributed by atoms with Gasteiger partial charge in [-0.2, -0.15) is 0 Å². The molecule has 0 bridgehead atoms. The Bertz CT molecular complexity index is 745. The summed E-state index contributed by atoms with van der Waals surface area (Å²) in [5.41, 5.74) is 2.97. The molecule has 0 saturated carbocycles. The summed E-state index contributed by atoms with van der Waals surface area (Å²) < 4.78 is 0. The number of hydrogen-bond donors (Lipinski definition) is 1. The van der Waals surface area contributed by atoms with Crippen LogP contribution in [0.1, 0.15) is 16.7 Å². The van der Waals surface area contributed by atoms with Crippen LogP contribution < -0.4 is 5.32 Å². The van der Waals surface area contributed by atoms with Gasteiger partial charge in [-0.1, -0.05) is 30.3 Å². The van der Waals surface area contributed by atoms with E-state index in [1.807, 2.05) is 56.1 Å². The summed E-state index contributed by atoms with van der Waals surface area (Å²) in [6.45, 7) is 4.44. The van der Waals surface area contributed by atoms with E-state index in [1.165, 1.54) is 6.07 Å². The monoisotopic (exact) mass is 327 g/mol. The molecule has 24 heavy (non-hydrogen) atoms. The van der Waals surface area contributed by atoms with Crippen molar-refractivity contribution >= 4 is 17.3 Å². The SMILES string of the molecule is Cc1cc(NC(=O)CN(C)Cc2ccccc2)c([N+](=O)[O-])cc1C. The molecule has 0 fully saturated rings. The van der Waals surface area contributed by atoms with Gasteiger partial charge in [-0.15, -0.1) is 0 Å². The number of nitro groups is 1. The van der Waals surface area contributed by atoms with Gasteiger partial charge >= 0.3 is 0 Å². The number of likely N-dealkylation sites (N-methyl/N-ethyl adjacent to an activating group) is 1. The Labute approximate surface area is 141 Å². The Kier molecular flexibility index (Phi) is 5.65. The van der Waals surface area contributed by atoms with Crippen LogP contribution in [0.25, 0.3) is 0 Å². The zero-order valence-corrected chi connectivity index (χ0v) is 14.1. The molecule has 0 aliphatic carbocycles. The smallest absolute Gasteiger partial charge is 0.293 e. The minimum Gasteiger partial charge on any atom is -0.319 e. The summed E-state index contributed by atoms with van der Waals surface area (Å²) in [6, 6.07) is 12.9. The van der Waals surface area contributed by atoms with E-state index in [2.05, 4.69) is 5.32 Å². The average Bonchev–Trinajstić information content (AvgIpc) is 2.51. The normalized spacial score (nSPS) is 10.7. The van der Waals surface area contributed by atoms with Crippen molar-refractivity contribution in [3.8, 4) is 0 Å². The Balaban J connectivity index is 2.04. The largest absolute Gasteiger partial charge is 0.319 e. The van der Waals surface area contributed by atoms with Crippen molar-refractivity contribution in [1.29, 1.82) is 0 Å². The van der Waals surface area contributed by atoms with Crippen molar-refractivity contribution in [2.75, 3.05) is 18.9 Å². The van der Waals surface area contributed by atoms with Gasteiger partial charge in [0, 0.05) is 12.6 Å². The minimum absolute atomic E-state index is 0.0860. The third kappa shape index (κ3) is 4.63. The van der Waals surface area contributed by atoms with E-state index in [4.69, 9.17) is 0 Å². The van der Waals surface area contributed by atoms with Gasteiger partial charge in [0.25, 0.3) is 5.69 Å². The number of carbonyl (C=O) groups is 1. The highest BCUT2D eigenvalue weighted by Crippen LogP contribution is 2.27. The fraction of sp³-hybridized carbons (Fsp3) is 0.278. The highest BCUT2D eigenvalue weighted by molar-refractivity contribution is 5.94. The van der Waals surface area contributed by atoms with Crippen molar-refractivity contribution in [3.05, 3.63) is 69.3 Å². The lowest BCUT2D eigenvalue weighted by molar-refractivity contribution is -0.384. The van der Waals surface area contributed by atoms with Crippen molar-refractivity contribution in [2.24, 2.45) is 0 Å². The molecule has 0 aliphatic heterocycles. The number of nitrogens with zero attached hydrogens (tertiary/aromatic N) is 2. The molecule has 0 saturated heterocycles. The summed E-state index contributed by atoms with van der Waals surface area (Å²) in [5, 5.41) is 13.8. The van der Waals surface area contributed by atoms with Gasteiger partial charge in [-0.3, -0.25) is 19.8 Å². The molecule has 6 nitrogen and oxygen atoms in total. The highest BCUT2D eigenvalue weighted by atomic mass is 16.6. The van der Waals surface area contributed by atoms with Crippen LogP contribution in [0.5, 0.6) is 0 Å². The van der Waals surface area contributed by atoms with Gasteiger partial charge in [0.2, 0.25) is 5.91 Å². The van der Waals surface area contributed by atoms with Crippen molar-refractivity contribution in [2.45, 2.75) is 20.4 Å². The van der Waals surface area contributed by atoms with Crippen LogP contribution in [0.4, 0.5) is 11.4 Å². The number of carbonyl (C=O) groups excluding carboxylic acids is 1. The number of anilines is 1. The topological polar surface area (TPSA) is 75.5 Å². The lowest BCUT2D eigenvalue weighted by atomic mass is 10.1. The molecular weight excluding hydrogens is 306 g/mol. The lowest BCUT2D eigenvalue weighted by Gasteiger charge is -2.16. The van der Waals surface area contributed by atoms with Gasteiger partial charge in [0.05, 0.1) is 11.5 Å². The molecule has 0 unspecified atom stereocenters. The first-order valence-electron chi connectivity index (χ1n) is 7.65. The van der Waals surface area contributed by atoms with Gasteiger partial charge in [-0.25, -0.2) is 0 Å². The van der Waals surface area contributed by atoms with Crippen LogP contribution >= 0.6 is 0 Å². The number of aryl methyl sites for hydroxylation is 2. The zero-order valence-electron chi connectivity index (χ0n) is 14.1. The van der Waals surface area contributed by atoms with E-state index in [9.17, 15) is 14.9 Å². The summed E-state index contributed by atoms with van der Waals surface area (Å²) in [5.74, 6) is -0.278. The van der Waals surface area contributed by atoms with Gasteiger partial charge < -0.3 is 5.32 Å². The zero-order chi connectivity index (χ0) is 17.7. The number of hydrogen-bond acceptors (Lipinski definition) is 4. The van der Waals surface area contributed by atoms with Crippen LogP contribution in [0.2, 0.25) is 0 Å². The van der Waals surface area contributed by atoms with Gasteiger partial charge in [-0.05, 0) is 43.7 Å². The molecule has 6 heteroatoms. The number of amides is 1. The quantitative estimate of drug-likeness (QED) is 0.652. The molecule has 1 N–H and O–H groups in total. The summed E-state index contributed by atoms with van der Waals surface area (Å²) in [7, 11) is 1.83. The number of nitrogens with one attached hydrogen (secondary N) is 1. The molecule has 0 aliphatic rings. The third-order valence-corrected chi connectivity index (χ3v) is 3.79. The molecule has 1 amide bonds. The second-order valence-electron chi connectivity index (χ2n) is 5.92. The number of nitro benzene ring substituents is 1. The van der Waals surface area contributed by atoms with Gasteiger partial charge in [0.1, 0.15) is 5.69 Å². The second kappa shape index (κ2) is 7.70. The first-order valence-corrected chi connectivity index (χ1v) is 7.65. The second-order valence-corrected chi connectivity index (χ2v) is 5.92. The fourth-order valence-corrected chi connectivity index (χ4v) is 2.44. The Hall–Kier alpha value is -2.73. The van der Waals surface area contributed by atoms with E-state index in [1.54, 1.807) is 6.07 Å². The van der Waals surface area contributed by atoms with Crippen molar-refractivity contribution in [1.82, 2.24) is 4.90 Å². The van der Waals surface area contributed by atoms with Gasteiger partial charge in [0.15, 0.2) is 0 Å². The van der Waals surface area contributed by atoms with Crippen LogP contribution in [0.15, 0.2) is 42.5 Å². The summed E-state index contributed by atoms with van der Waals surface area (Å²) in [4.78, 5) is 24.8. The predicted octanol–water partition coefficient (Wildman–Crippen LogP) is 3.28. The molecule has 2 rings (SSSR count). The van der Waals surface area contributed by atoms with Crippen LogP contribution in [-0.2, 0) is 11.3 Å². The Morgan fingerprint density at radius 1 is 1.17 bits per heavy atom. The molecule has 0 atom stereocenters. The van der Waals surface area contributed by atoms with E-state index in [0.717, 1.165) is 16.7 Å². The minimum atomic E-state index is -0.476. The standard InChI is InChI=1S/C18H21N3O3/c1-13-9-16(17(21(23)24)10-14(13)2)19-18(22)12-20(3)11-15-7-5-4-6-8-15/h4-10H,11-12H2,1-3H3,(H,19,22). The maximum Gasteiger partial charge on any atom is 0.293 e. The molecule has 2 aromatic carbocycles. The maximum absolute atomic E-state index is 12.2.